The lowest BCUT2D eigenvalue weighted by Crippen LogP contribution is -2.60. The van der Waals surface area contributed by atoms with Gasteiger partial charge in [0.25, 0.3) is 5.91 Å². The number of carbonyl (C=O) groups excluding carboxylic acids is 1. The molecule has 0 N–H and O–H groups in total. The number of para-hydroxylation sites is 1. The molecule has 4 heteroatoms. The summed E-state index contributed by atoms with van der Waals surface area (Å²) >= 11 is 0. The number of aryl methyl sites for hydroxylation is 1. The molecule has 4 nitrogen and oxygen atoms in total. The predicted octanol–water partition coefficient (Wildman–Crippen LogP) is 4.21. The van der Waals surface area contributed by atoms with Crippen molar-refractivity contribution < 1.29 is 4.79 Å². The molecule has 0 unspecified atom stereocenters. The minimum atomic E-state index is 0.221. The maximum absolute atomic E-state index is 13.8. The summed E-state index contributed by atoms with van der Waals surface area (Å²) in [6.07, 6.45) is 10.3. The second kappa shape index (κ2) is 6.73. The molecule has 1 aromatic carbocycles. The minimum Gasteiger partial charge on any atom is -0.340 e. The molecule has 4 aliphatic rings. The number of piperidine rings is 3. The summed E-state index contributed by atoms with van der Waals surface area (Å²) in [5.41, 5.74) is 3.54. The molecule has 1 aromatic heterocycles. The van der Waals surface area contributed by atoms with Crippen molar-refractivity contribution >= 4 is 16.8 Å². The number of benzene rings is 1. The lowest BCUT2D eigenvalue weighted by Gasteiger charge is -2.54. The van der Waals surface area contributed by atoms with Crippen molar-refractivity contribution in [2.75, 3.05) is 19.6 Å². The Balaban J connectivity index is 1.36. The molecule has 2 aromatic rings. The smallest absolute Gasteiger partial charge is 0.271 e. The van der Waals surface area contributed by atoms with Gasteiger partial charge in [0, 0.05) is 37.1 Å². The molecule has 4 heterocycles. The van der Waals surface area contributed by atoms with Crippen molar-refractivity contribution in [2.45, 2.75) is 50.6 Å². The third kappa shape index (κ3) is 2.72. The van der Waals surface area contributed by atoms with Gasteiger partial charge < -0.3 is 9.47 Å². The first-order chi connectivity index (χ1) is 14.2. The average Bonchev–Trinajstić information content (AvgIpc) is 3.10. The summed E-state index contributed by atoms with van der Waals surface area (Å²) < 4.78 is 2.09. The molecule has 3 fully saturated rings. The van der Waals surface area contributed by atoms with Crippen LogP contribution in [0.1, 0.15) is 49.0 Å². The van der Waals surface area contributed by atoms with E-state index in [0.717, 1.165) is 35.6 Å². The van der Waals surface area contributed by atoms with Crippen molar-refractivity contribution in [1.29, 1.82) is 0 Å². The maximum Gasteiger partial charge on any atom is 0.271 e. The van der Waals surface area contributed by atoms with E-state index < -0.39 is 0 Å². The van der Waals surface area contributed by atoms with E-state index in [4.69, 9.17) is 0 Å². The van der Waals surface area contributed by atoms with Crippen LogP contribution in [-0.4, -0.2) is 52.0 Å². The Labute approximate surface area is 173 Å². The number of hydrogen-bond acceptors (Lipinski definition) is 2. The maximum atomic E-state index is 13.8. The molecule has 0 saturated carbocycles. The average molecular weight is 390 g/mol. The number of likely N-dealkylation sites (tertiary alicyclic amines) is 1. The first-order valence-electron chi connectivity index (χ1n) is 11.5. The van der Waals surface area contributed by atoms with Crippen LogP contribution in [0, 0.1) is 11.8 Å². The van der Waals surface area contributed by atoms with Gasteiger partial charge >= 0.3 is 0 Å². The van der Waals surface area contributed by atoms with E-state index in [-0.39, 0.29) is 5.91 Å². The zero-order valence-electron chi connectivity index (χ0n) is 17.4. The van der Waals surface area contributed by atoms with E-state index in [0.29, 0.717) is 17.9 Å². The lowest BCUT2D eigenvalue weighted by molar-refractivity contribution is 0.00123. The highest BCUT2D eigenvalue weighted by atomic mass is 16.2. The Kier molecular flexibility index (Phi) is 4.12. The van der Waals surface area contributed by atoms with Crippen molar-refractivity contribution in [2.24, 2.45) is 18.9 Å². The molecular formula is C25H31N3O. The number of aromatic nitrogens is 1. The molecule has 1 amide bonds. The predicted molar refractivity (Wildman–Crippen MR) is 116 cm³/mol. The van der Waals surface area contributed by atoms with Crippen molar-refractivity contribution in [1.82, 2.24) is 14.4 Å². The van der Waals surface area contributed by atoms with Gasteiger partial charge in [-0.05, 0) is 62.6 Å². The van der Waals surface area contributed by atoms with Gasteiger partial charge in [0.1, 0.15) is 5.69 Å². The van der Waals surface area contributed by atoms with Crippen LogP contribution in [-0.2, 0) is 7.05 Å². The van der Waals surface area contributed by atoms with E-state index >= 15 is 0 Å². The first kappa shape index (κ1) is 17.8. The van der Waals surface area contributed by atoms with Crippen LogP contribution in [0.25, 0.3) is 10.9 Å². The van der Waals surface area contributed by atoms with Crippen LogP contribution < -0.4 is 0 Å². The highest BCUT2D eigenvalue weighted by Crippen LogP contribution is 2.45. The van der Waals surface area contributed by atoms with Crippen LogP contribution in [0.5, 0.6) is 0 Å². The monoisotopic (exact) mass is 389 g/mol. The fourth-order valence-electron chi connectivity index (χ4n) is 6.84. The summed E-state index contributed by atoms with van der Waals surface area (Å²) in [6.45, 7) is 3.33. The van der Waals surface area contributed by atoms with Crippen molar-refractivity contribution in [3.63, 3.8) is 0 Å². The van der Waals surface area contributed by atoms with Crippen LogP contribution >= 0.6 is 0 Å². The normalized spacial score (nSPS) is 31.9. The standard InChI is InChI=1S/C25H31N3O/c1-26-21-9-3-2-7-17(21)15-23(26)25(29)28-12-6-8-18-13-19-14-20(24(18)28)16-27-11-5-4-10-22(19)27/h2-3,7,9,13,15,19-20,22,24H,4-6,8,10-12,14,16H2,1H3/t19-,20-,22+,24+/m0/s1. The SMILES string of the molecule is Cn1c(C(=O)N2CCCC3=C[C@H]4C[C@@H](CN5CCCC[C@H]45)[C@@H]32)cc2ccccc21. The Hall–Kier alpha value is -2.07. The highest BCUT2D eigenvalue weighted by molar-refractivity contribution is 5.99. The molecule has 0 spiro atoms. The summed E-state index contributed by atoms with van der Waals surface area (Å²) in [4.78, 5) is 18.7. The summed E-state index contributed by atoms with van der Waals surface area (Å²) in [5, 5.41) is 1.16. The molecule has 4 atom stereocenters. The van der Waals surface area contributed by atoms with E-state index in [1.807, 2.05) is 7.05 Å². The number of nitrogens with zero attached hydrogens (tertiary/aromatic N) is 3. The molecule has 3 aliphatic heterocycles. The van der Waals surface area contributed by atoms with Gasteiger partial charge in [0.15, 0.2) is 0 Å². The number of amides is 1. The number of rotatable bonds is 1. The molecule has 29 heavy (non-hydrogen) atoms. The second-order valence-electron chi connectivity index (χ2n) is 9.65. The van der Waals surface area contributed by atoms with Crippen LogP contribution in [0.3, 0.4) is 0 Å². The Morgan fingerprint density at radius 2 is 2.00 bits per heavy atom. The van der Waals surface area contributed by atoms with Gasteiger partial charge in [0.05, 0.1) is 6.04 Å². The quantitative estimate of drug-likeness (QED) is 0.684. The Morgan fingerprint density at radius 3 is 2.90 bits per heavy atom. The van der Waals surface area contributed by atoms with E-state index in [1.165, 1.54) is 45.2 Å². The molecule has 3 saturated heterocycles. The first-order valence-corrected chi connectivity index (χ1v) is 11.5. The second-order valence-corrected chi connectivity index (χ2v) is 9.65. The molecule has 1 aliphatic carbocycles. The third-order valence-electron chi connectivity index (χ3n) is 8.09. The van der Waals surface area contributed by atoms with Gasteiger partial charge in [-0.3, -0.25) is 9.69 Å². The van der Waals surface area contributed by atoms with E-state index in [2.05, 4.69) is 50.8 Å². The van der Waals surface area contributed by atoms with E-state index in [9.17, 15) is 4.79 Å². The number of fused-ring (bicyclic) bond motifs is 7. The van der Waals surface area contributed by atoms with Crippen molar-refractivity contribution in [3.05, 3.63) is 47.7 Å². The minimum absolute atomic E-state index is 0.221. The van der Waals surface area contributed by atoms with Gasteiger partial charge in [0.2, 0.25) is 0 Å². The zero-order chi connectivity index (χ0) is 19.5. The fraction of sp³-hybridized carbons (Fsp3) is 0.560. The highest BCUT2D eigenvalue weighted by Gasteiger charge is 2.47. The number of carbonyl (C=O) groups is 1. The molecule has 152 valence electrons. The van der Waals surface area contributed by atoms with Gasteiger partial charge in [-0.2, -0.15) is 0 Å². The largest absolute Gasteiger partial charge is 0.340 e. The van der Waals surface area contributed by atoms with E-state index in [1.54, 1.807) is 5.57 Å². The zero-order valence-corrected chi connectivity index (χ0v) is 17.4. The van der Waals surface area contributed by atoms with Gasteiger partial charge in [-0.15, -0.1) is 0 Å². The van der Waals surface area contributed by atoms with Crippen LogP contribution in [0.4, 0.5) is 0 Å². The molecule has 2 bridgehead atoms. The summed E-state index contributed by atoms with van der Waals surface area (Å²) in [6, 6.07) is 11.5. The lowest BCUT2D eigenvalue weighted by atomic mass is 9.68. The third-order valence-corrected chi connectivity index (χ3v) is 8.09. The Bertz CT molecular complexity index is 989. The molecule has 0 radical (unpaired) electrons. The molecular weight excluding hydrogens is 358 g/mol. The van der Waals surface area contributed by atoms with Crippen molar-refractivity contribution in [3.8, 4) is 0 Å². The molecule has 6 rings (SSSR count). The summed E-state index contributed by atoms with van der Waals surface area (Å²) in [5.74, 6) is 1.54. The summed E-state index contributed by atoms with van der Waals surface area (Å²) in [7, 11) is 2.03. The number of hydrogen-bond donors (Lipinski definition) is 0. The van der Waals surface area contributed by atoms with Gasteiger partial charge in [-0.25, -0.2) is 0 Å². The van der Waals surface area contributed by atoms with Crippen LogP contribution in [0.2, 0.25) is 0 Å². The topological polar surface area (TPSA) is 28.5 Å². The van der Waals surface area contributed by atoms with Gasteiger partial charge in [-0.1, -0.05) is 36.3 Å². The van der Waals surface area contributed by atoms with Crippen LogP contribution in [0.15, 0.2) is 42.0 Å². The Morgan fingerprint density at radius 1 is 1.10 bits per heavy atom. The fourth-order valence-corrected chi connectivity index (χ4v) is 6.84.